The first kappa shape index (κ1) is 22.7. The van der Waals surface area contributed by atoms with Crippen LogP contribution in [0, 0.1) is 0 Å². The van der Waals surface area contributed by atoms with E-state index in [9.17, 15) is 9.59 Å². The van der Waals surface area contributed by atoms with E-state index in [2.05, 4.69) is 10.4 Å². The molecule has 0 atom stereocenters. The molecule has 2 aromatic carbocycles. The number of anilines is 1. The summed E-state index contributed by atoms with van der Waals surface area (Å²) in [7, 11) is 5.10. The highest BCUT2D eigenvalue weighted by atomic mass is 35.5. The van der Waals surface area contributed by atoms with Crippen molar-refractivity contribution in [3.63, 3.8) is 0 Å². The highest BCUT2D eigenvalue weighted by Gasteiger charge is 2.34. The van der Waals surface area contributed by atoms with Crippen LogP contribution in [0.25, 0.3) is 0 Å². The number of rotatable bonds is 5. The number of ether oxygens (including phenoxy) is 2. The number of carbonyl (C=O) groups is 2. The zero-order valence-corrected chi connectivity index (χ0v) is 19.9. The maximum absolute atomic E-state index is 12.9. The van der Waals surface area contributed by atoms with Gasteiger partial charge < -0.3 is 19.7 Å². The van der Waals surface area contributed by atoms with Crippen LogP contribution in [0.5, 0.6) is 17.2 Å². The van der Waals surface area contributed by atoms with E-state index in [1.54, 1.807) is 68.4 Å². The summed E-state index contributed by atoms with van der Waals surface area (Å²) in [5, 5.41) is 7.24. The summed E-state index contributed by atoms with van der Waals surface area (Å²) in [6.45, 7) is 3.95. The van der Waals surface area contributed by atoms with Crippen LogP contribution in [0.2, 0.25) is 5.02 Å². The minimum absolute atomic E-state index is 0.198. The maximum atomic E-state index is 12.9. The highest BCUT2D eigenvalue weighted by molar-refractivity contribution is 6.34. The van der Waals surface area contributed by atoms with Gasteiger partial charge in [0.15, 0.2) is 5.82 Å². The number of aromatic nitrogens is 2. The molecule has 33 heavy (non-hydrogen) atoms. The summed E-state index contributed by atoms with van der Waals surface area (Å²) in [4.78, 5) is 26.6. The van der Waals surface area contributed by atoms with Crippen LogP contribution in [-0.4, -0.2) is 46.2 Å². The van der Waals surface area contributed by atoms with Gasteiger partial charge in [-0.25, -0.2) is 0 Å². The van der Waals surface area contributed by atoms with Crippen LogP contribution in [0.4, 0.5) is 5.82 Å². The molecule has 172 valence electrons. The number of fused-ring (bicyclic) bond motifs is 1. The number of aryl methyl sites for hydroxylation is 1. The van der Waals surface area contributed by atoms with Crippen molar-refractivity contribution < 1.29 is 19.1 Å². The lowest BCUT2D eigenvalue weighted by atomic mass is 9.99. The van der Waals surface area contributed by atoms with Crippen LogP contribution in [-0.2, 0) is 13.5 Å². The maximum Gasteiger partial charge on any atom is 0.257 e. The SMILES string of the molecule is CN(C)C(=O)c1ccc(Oc2cc(C(=O)Nc3ccn(C)n3)cc3c2CC(C)(C)O3)cc1Cl. The van der Waals surface area contributed by atoms with Crippen molar-refractivity contribution in [1.29, 1.82) is 0 Å². The topological polar surface area (TPSA) is 85.7 Å². The minimum Gasteiger partial charge on any atom is -0.487 e. The number of carbonyl (C=O) groups excluding carboxylic acids is 2. The molecule has 4 rings (SSSR count). The Kier molecular flexibility index (Phi) is 5.80. The van der Waals surface area contributed by atoms with Gasteiger partial charge in [0.05, 0.1) is 10.6 Å². The molecule has 0 radical (unpaired) electrons. The molecule has 2 heterocycles. The molecule has 0 spiro atoms. The predicted octanol–water partition coefficient (Wildman–Crippen LogP) is 4.53. The van der Waals surface area contributed by atoms with Crippen molar-refractivity contribution in [3.05, 3.63) is 64.3 Å². The van der Waals surface area contributed by atoms with Gasteiger partial charge in [0, 0.05) is 57.0 Å². The molecule has 3 aromatic rings. The van der Waals surface area contributed by atoms with Crippen LogP contribution in [0.15, 0.2) is 42.6 Å². The molecule has 0 unspecified atom stereocenters. The van der Waals surface area contributed by atoms with Gasteiger partial charge >= 0.3 is 0 Å². The summed E-state index contributed by atoms with van der Waals surface area (Å²) in [5.41, 5.74) is 1.18. The molecule has 0 saturated heterocycles. The molecule has 0 aliphatic carbocycles. The number of nitrogens with one attached hydrogen (secondary N) is 1. The summed E-state index contributed by atoms with van der Waals surface area (Å²) in [6.07, 6.45) is 2.36. The second kappa shape index (κ2) is 8.44. The summed E-state index contributed by atoms with van der Waals surface area (Å²) >= 11 is 6.35. The molecule has 9 heteroatoms. The Hall–Kier alpha value is -3.52. The molecule has 1 aliphatic rings. The number of hydrogen-bond acceptors (Lipinski definition) is 5. The molecule has 1 aromatic heterocycles. The van der Waals surface area contributed by atoms with Crippen LogP contribution >= 0.6 is 11.6 Å². The van der Waals surface area contributed by atoms with E-state index in [0.29, 0.717) is 40.6 Å². The van der Waals surface area contributed by atoms with Crippen molar-refractivity contribution in [2.45, 2.75) is 25.9 Å². The molecule has 1 N–H and O–H groups in total. The van der Waals surface area contributed by atoms with Gasteiger partial charge in [-0.2, -0.15) is 5.10 Å². The van der Waals surface area contributed by atoms with Crippen molar-refractivity contribution in [2.75, 3.05) is 19.4 Å². The first-order valence-electron chi connectivity index (χ1n) is 10.4. The normalized spacial score (nSPS) is 13.8. The third kappa shape index (κ3) is 4.80. The molecule has 0 fully saturated rings. The fourth-order valence-corrected chi connectivity index (χ4v) is 3.89. The Bertz CT molecular complexity index is 1250. The molecule has 8 nitrogen and oxygen atoms in total. The molecule has 1 aliphatic heterocycles. The number of hydrogen-bond donors (Lipinski definition) is 1. The number of nitrogens with zero attached hydrogens (tertiary/aromatic N) is 3. The average Bonchev–Trinajstić information content (AvgIpc) is 3.28. The van der Waals surface area contributed by atoms with E-state index in [4.69, 9.17) is 21.1 Å². The van der Waals surface area contributed by atoms with E-state index < -0.39 is 5.60 Å². The van der Waals surface area contributed by atoms with Crippen molar-refractivity contribution >= 4 is 29.2 Å². The van der Waals surface area contributed by atoms with E-state index in [1.165, 1.54) is 4.90 Å². The molecular formula is C24H25ClN4O4. The van der Waals surface area contributed by atoms with E-state index >= 15 is 0 Å². The lowest BCUT2D eigenvalue weighted by Crippen LogP contribution is -2.24. The predicted molar refractivity (Wildman–Crippen MR) is 126 cm³/mol. The Balaban J connectivity index is 1.67. The van der Waals surface area contributed by atoms with E-state index in [-0.39, 0.29) is 16.8 Å². The first-order chi connectivity index (χ1) is 15.5. The quantitative estimate of drug-likeness (QED) is 0.594. The third-order valence-corrected chi connectivity index (χ3v) is 5.49. The number of benzene rings is 2. The standard InChI is InChI=1S/C24H25ClN4O4/c1-24(2)13-17-19(32-15-6-7-16(18(25)12-15)23(31)28(3)4)10-14(11-20(17)33-24)22(30)26-21-8-9-29(5)27-21/h6-12H,13H2,1-5H3,(H,26,27,30). The lowest BCUT2D eigenvalue weighted by Gasteiger charge is -2.16. The molecule has 0 saturated carbocycles. The van der Waals surface area contributed by atoms with Crippen LogP contribution in [0.1, 0.15) is 40.1 Å². The van der Waals surface area contributed by atoms with E-state index in [1.807, 2.05) is 13.8 Å². The Morgan fingerprint density at radius 1 is 1.21 bits per heavy atom. The zero-order chi connectivity index (χ0) is 23.9. The van der Waals surface area contributed by atoms with Crippen molar-refractivity contribution in [3.8, 4) is 17.2 Å². The Labute approximate surface area is 197 Å². The van der Waals surface area contributed by atoms with Crippen LogP contribution < -0.4 is 14.8 Å². The second-order valence-corrected chi connectivity index (χ2v) is 9.17. The largest absolute Gasteiger partial charge is 0.487 e. The second-order valence-electron chi connectivity index (χ2n) is 8.76. The van der Waals surface area contributed by atoms with Crippen molar-refractivity contribution in [2.24, 2.45) is 7.05 Å². The summed E-state index contributed by atoms with van der Waals surface area (Å²) in [6, 6.07) is 9.98. The molecule has 0 bridgehead atoms. The smallest absolute Gasteiger partial charge is 0.257 e. The van der Waals surface area contributed by atoms with Gasteiger partial charge in [-0.3, -0.25) is 14.3 Å². The van der Waals surface area contributed by atoms with Gasteiger partial charge in [0.1, 0.15) is 22.8 Å². The van der Waals surface area contributed by atoms with Gasteiger partial charge in [-0.1, -0.05) is 11.6 Å². The fourth-order valence-electron chi connectivity index (χ4n) is 3.64. The third-order valence-electron chi connectivity index (χ3n) is 5.18. The Morgan fingerprint density at radius 2 is 1.97 bits per heavy atom. The highest BCUT2D eigenvalue weighted by Crippen LogP contribution is 2.43. The number of halogens is 1. The molecule has 2 amide bonds. The summed E-state index contributed by atoms with van der Waals surface area (Å²) in [5.74, 6) is 1.45. The number of amides is 2. The molecular weight excluding hydrogens is 444 g/mol. The first-order valence-corrected chi connectivity index (χ1v) is 10.8. The van der Waals surface area contributed by atoms with E-state index in [0.717, 1.165) is 5.56 Å². The fraction of sp³-hybridized carbons (Fsp3) is 0.292. The van der Waals surface area contributed by atoms with Crippen molar-refractivity contribution in [1.82, 2.24) is 14.7 Å². The van der Waals surface area contributed by atoms with Gasteiger partial charge in [-0.15, -0.1) is 0 Å². The van der Waals surface area contributed by atoms with Crippen LogP contribution in [0.3, 0.4) is 0 Å². The Morgan fingerprint density at radius 3 is 2.61 bits per heavy atom. The average molecular weight is 469 g/mol. The van der Waals surface area contributed by atoms with Gasteiger partial charge in [0.2, 0.25) is 0 Å². The summed E-state index contributed by atoms with van der Waals surface area (Å²) < 4.78 is 13.8. The zero-order valence-electron chi connectivity index (χ0n) is 19.1. The lowest BCUT2D eigenvalue weighted by molar-refractivity contribution is 0.0827. The van der Waals surface area contributed by atoms with Gasteiger partial charge in [-0.05, 0) is 38.1 Å². The minimum atomic E-state index is -0.434. The van der Waals surface area contributed by atoms with Gasteiger partial charge in [0.25, 0.3) is 11.8 Å². The monoisotopic (exact) mass is 468 g/mol.